The molecule has 0 fully saturated rings. The van der Waals surface area contributed by atoms with Gasteiger partial charge in [0.15, 0.2) is 6.10 Å². The standard InChI is InChI=1S/C45H88O7/c1-3-5-7-9-11-13-15-17-19-21-23-25-27-29-31-33-35-37-39-49-44(47)51-42-43(41-46)52-45(48)50-40-38-36-34-32-30-28-26-24-22-20-18-16-14-12-10-8-6-4-2/h43,46H,3-42H2,1-2H3/t43-/m1/s1. The molecule has 0 saturated carbocycles. The van der Waals surface area contributed by atoms with Gasteiger partial charge in [0.2, 0.25) is 0 Å². The third-order valence-corrected chi connectivity index (χ3v) is 10.3. The van der Waals surface area contributed by atoms with E-state index >= 15 is 0 Å². The molecule has 0 aromatic carbocycles. The summed E-state index contributed by atoms with van der Waals surface area (Å²) in [5.74, 6) is 0. The molecule has 0 amide bonds. The molecular formula is C45H88O7. The summed E-state index contributed by atoms with van der Waals surface area (Å²) in [6.45, 7) is 4.43. The van der Waals surface area contributed by atoms with E-state index < -0.39 is 25.0 Å². The zero-order chi connectivity index (χ0) is 37.8. The van der Waals surface area contributed by atoms with Crippen LogP contribution in [-0.4, -0.2) is 49.9 Å². The molecule has 0 aliphatic carbocycles. The van der Waals surface area contributed by atoms with Gasteiger partial charge in [-0.2, -0.15) is 0 Å². The van der Waals surface area contributed by atoms with E-state index in [0.717, 1.165) is 38.5 Å². The number of carbonyl (C=O) groups is 2. The van der Waals surface area contributed by atoms with E-state index in [1.54, 1.807) is 0 Å². The predicted molar refractivity (Wildman–Crippen MR) is 218 cm³/mol. The largest absolute Gasteiger partial charge is 0.508 e. The minimum absolute atomic E-state index is 0.261. The second-order valence-electron chi connectivity index (χ2n) is 15.5. The van der Waals surface area contributed by atoms with E-state index in [4.69, 9.17) is 18.9 Å². The number of unbranched alkanes of at least 4 members (excludes halogenated alkanes) is 34. The summed E-state index contributed by atoms with van der Waals surface area (Å²) in [6, 6.07) is 0. The lowest BCUT2D eigenvalue weighted by atomic mass is 10.0. The summed E-state index contributed by atoms with van der Waals surface area (Å²) in [5, 5.41) is 9.50. The van der Waals surface area contributed by atoms with Crippen LogP contribution in [0.1, 0.15) is 245 Å². The molecule has 52 heavy (non-hydrogen) atoms. The van der Waals surface area contributed by atoms with Crippen LogP contribution in [0.5, 0.6) is 0 Å². The lowest BCUT2D eigenvalue weighted by molar-refractivity contribution is -0.0345. The Balaban J connectivity index is 3.44. The van der Waals surface area contributed by atoms with Crippen LogP contribution in [0.3, 0.4) is 0 Å². The lowest BCUT2D eigenvalue weighted by Gasteiger charge is -2.15. The average Bonchev–Trinajstić information content (AvgIpc) is 3.15. The second kappa shape index (κ2) is 43.9. The van der Waals surface area contributed by atoms with Crippen molar-refractivity contribution in [2.45, 2.75) is 251 Å². The maximum absolute atomic E-state index is 12.0. The first-order valence-electron chi connectivity index (χ1n) is 22.9. The minimum atomic E-state index is -0.967. The maximum Gasteiger partial charge on any atom is 0.508 e. The van der Waals surface area contributed by atoms with Gasteiger partial charge in [-0.15, -0.1) is 0 Å². The Morgan fingerprint density at radius 1 is 0.365 bits per heavy atom. The molecule has 0 bridgehead atoms. The van der Waals surface area contributed by atoms with Gasteiger partial charge in [0.1, 0.15) is 6.61 Å². The van der Waals surface area contributed by atoms with E-state index in [2.05, 4.69) is 13.8 Å². The molecule has 1 N–H and O–H groups in total. The number of rotatable bonds is 42. The lowest BCUT2D eigenvalue weighted by Crippen LogP contribution is -2.29. The SMILES string of the molecule is CCCCCCCCCCCCCCCCCCCCOC(=O)OC[C@@H](CO)OC(=O)OCCCCCCCCCCCCCCCCCCCC. The van der Waals surface area contributed by atoms with Crippen molar-refractivity contribution in [3.63, 3.8) is 0 Å². The molecular weight excluding hydrogens is 652 g/mol. The highest BCUT2D eigenvalue weighted by molar-refractivity contribution is 5.61. The van der Waals surface area contributed by atoms with E-state index in [1.165, 1.54) is 193 Å². The molecule has 0 saturated heterocycles. The van der Waals surface area contributed by atoms with Crippen LogP contribution in [0.15, 0.2) is 0 Å². The van der Waals surface area contributed by atoms with Gasteiger partial charge in [0.05, 0.1) is 19.8 Å². The summed E-state index contributed by atoms with van der Waals surface area (Å²) in [5.41, 5.74) is 0. The first-order chi connectivity index (χ1) is 25.6. The van der Waals surface area contributed by atoms with Gasteiger partial charge >= 0.3 is 12.3 Å². The fourth-order valence-electron chi connectivity index (χ4n) is 6.82. The first-order valence-corrected chi connectivity index (χ1v) is 22.9. The number of aliphatic hydroxyl groups is 1. The van der Waals surface area contributed by atoms with Crippen LogP contribution in [0.2, 0.25) is 0 Å². The minimum Gasteiger partial charge on any atom is -0.434 e. The number of ether oxygens (including phenoxy) is 4. The highest BCUT2D eigenvalue weighted by atomic mass is 16.8. The van der Waals surface area contributed by atoms with E-state index in [1.807, 2.05) is 0 Å². The van der Waals surface area contributed by atoms with Crippen molar-refractivity contribution in [2.75, 3.05) is 26.4 Å². The fourth-order valence-corrected chi connectivity index (χ4v) is 6.82. The predicted octanol–water partition coefficient (Wildman–Crippen LogP) is 14.7. The smallest absolute Gasteiger partial charge is 0.434 e. The van der Waals surface area contributed by atoms with Crippen LogP contribution in [0, 0.1) is 0 Å². The Hall–Kier alpha value is -1.50. The van der Waals surface area contributed by atoms with Crippen molar-refractivity contribution in [1.29, 1.82) is 0 Å². The van der Waals surface area contributed by atoms with Crippen molar-refractivity contribution in [1.82, 2.24) is 0 Å². The maximum atomic E-state index is 12.0. The molecule has 0 aliphatic heterocycles. The second-order valence-corrected chi connectivity index (χ2v) is 15.5. The first kappa shape index (κ1) is 50.5. The van der Waals surface area contributed by atoms with E-state index in [0.29, 0.717) is 6.61 Å². The number of hydrogen-bond donors (Lipinski definition) is 1. The normalized spacial score (nSPS) is 11.8. The molecule has 0 spiro atoms. The Bertz CT molecular complexity index is 716. The van der Waals surface area contributed by atoms with Crippen molar-refractivity contribution in [3.8, 4) is 0 Å². The zero-order valence-electron chi connectivity index (χ0n) is 34.8. The van der Waals surface area contributed by atoms with Gasteiger partial charge < -0.3 is 24.1 Å². The zero-order valence-corrected chi connectivity index (χ0v) is 34.8. The Kier molecular flexibility index (Phi) is 42.6. The summed E-state index contributed by atoms with van der Waals surface area (Å²) in [7, 11) is 0. The van der Waals surface area contributed by atoms with Gasteiger partial charge in [0, 0.05) is 0 Å². The van der Waals surface area contributed by atoms with Gasteiger partial charge in [-0.25, -0.2) is 9.59 Å². The Labute approximate surface area is 322 Å². The molecule has 7 nitrogen and oxygen atoms in total. The van der Waals surface area contributed by atoms with Gasteiger partial charge in [0.25, 0.3) is 0 Å². The van der Waals surface area contributed by atoms with Crippen LogP contribution in [-0.2, 0) is 18.9 Å². The van der Waals surface area contributed by atoms with E-state index in [-0.39, 0.29) is 13.2 Å². The van der Waals surface area contributed by atoms with E-state index in [9.17, 15) is 14.7 Å². The molecule has 310 valence electrons. The summed E-state index contributed by atoms with van der Waals surface area (Å²) >= 11 is 0. The molecule has 0 aliphatic rings. The fraction of sp³-hybridized carbons (Fsp3) is 0.956. The number of carbonyl (C=O) groups excluding carboxylic acids is 2. The van der Waals surface area contributed by atoms with Gasteiger partial charge in [-0.05, 0) is 12.8 Å². The van der Waals surface area contributed by atoms with Crippen LogP contribution in [0.25, 0.3) is 0 Å². The monoisotopic (exact) mass is 741 g/mol. The Morgan fingerprint density at radius 3 is 0.885 bits per heavy atom. The average molecular weight is 741 g/mol. The van der Waals surface area contributed by atoms with Crippen molar-refractivity contribution < 1.29 is 33.6 Å². The highest BCUT2D eigenvalue weighted by Crippen LogP contribution is 2.16. The van der Waals surface area contributed by atoms with Crippen molar-refractivity contribution >= 4 is 12.3 Å². The van der Waals surface area contributed by atoms with Crippen molar-refractivity contribution in [3.05, 3.63) is 0 Å². The molecule has 0 rings (SSSR count). The van der Waals surface area contributed by atoms with Gasteiger partial charge in [-0.1, -0.05) is 232 Å². The van der Waals surface area contributed by atoms with Crippen LogP contribution >= 0.6 is 0 Å². The molecule has 0 radical (unpaired) electrons. The molecule has 0 aromatic heterocycles. The number of aliphatic hydroxyl groups excluding tert-OH is 1. The summed E-state index contributed by atoms with van der Waals surface area (Å²) < 4.78 is 20.4. The quantitative estimate of drug-likeness (QED) is 0.0492. The molecule has 0 aromatic rings. The van der Waals surface area contributed by atoms with Crippen LogP contribution < -0.4 is 0 Å². The third-order valence-electron chi connectivity index (χ3n) is 10.3. The highest BCUT2D eigenvalue weighted by Gasteiger charge is 2.17. The molecule has 0 unspecified atom stereocenters. The topological polar surface area (TPSA) is 91.3 Å². The number of hydrogen-bond acceptors (Lipinski definition) is 7. The van der Waals surface area contributed by atoms with Crippen molar-refractivity contribution in [2.24, 2.45) is 0 Å². The molecule has 0 heterocycles. The summed E-state index contributed by atoms with van der Waals surface area (Å²) in [4.78, 5) is 23.9. The van der Waals surface area contributed by atoms with Crippen LogP contribution in [0.4, 0.5) is 9.59 Å². The third kappa shape index (κ3) is 41.3. The summed E-state index contributed by atoms with van der Waals surface area (Å²) in [6.07, 6.45) is 44.5. The Morgan fingerprint density at radius 2 is 0.615 bits per heavy atom. The van der Waals surface area contributed by atoms with Gasteiger partial charge in [-0.3, -0.25) is 0 Å². The molecule has 1 atom stereocenters. The molecule has 7 heteroatoms.